The quantitative estimate of drug-likeness (QED) is 0.288. The Hall–Kier alpha value is -2.46. The molecule has 1 saturated carbocycles. The van der Waals surface area contributed by atoms with E-state index < -0.39 is 66.2 Å². The second-order valence-electron chi connectivity index (χ2n) is 11.8. The molecule has 0 aromatic carbocycles. The minimum absolute atomic E-state index is 0.0812. The van der Waals surface area contributed by atoms with Gasteiger partial charge < -0.3 is 40.1 Å². The number of likely N-dealkylation sites (tertiary alicyclic amines) is 1. The third kappa shape index (κ3) is 6.33. The lowest BCUT2D eigenvalue weighted by molar-refractivity contribution is -0.152. The number of halogens is 2. The number of fused-ring (bicyclic) bond motifs is 6. The number of aliphatic hydroxyl groups excluding tert-OH is 2. The predicted octanol–water partition coefficient (Wildman–Crippen LogP) is -2.18. The van der Waals surface area contributed by atoms with Crippen LogP contribution in [0.4, 0.5) is 8.78 Å². The molecule has 7 atom stereocenters. The molecule has 5 rings (SSSR count). The van der Waals surface area contributed by atoms with Crippen LogP contribution in [0.25, 0.3) is 0 Å². The van der Waals surface area contributed by atoms with Gasteiger partial charge in [0.25, 0.3) is 0 Å². The van der Waals surface area contributed by atoms with Crippen LogP contribution in [0.1, 0.15) is 38.5 Å². The monoisotopic (exact) mass is 587 g/mol. The Kier molecular flexibility index (Phi) is 8.81. The Bertz CT molecular complexity index is 1030. The molecule has 1 aliphatic carbocycles. The second-order valence-corrected chi connectivity index (χ2v) is 11.8. The number of aliphatic hydroxyl groups is 2. The van der Waals surface area contributed by atoms with E-state index in [1.54, 1.807) is 0 Å². The molecule has 230 valence electrons. The number of nitrogens with one attached hydrogen (secondary N) is 2. The fourth-order valence-corrected chi connectivity index (χ4v) is 6.84. The van der Waals surface area contributed by atoms with Crippen LogP contribution in [-0.2, 0) is 28.7 Å². The Morgan fingerprint density at radius 3 is 2.49 bits per heavy atom. The van der Waals surface area contributed by atoms with E-state index in [9.17, 15) is 38.2 Å². The molecule has 0 radical (unpaired) electrons. The Morgan fingerprint density at radius 1 is 1.07 bits per heavy atom. The highest BCUT2D eigenvalue weighted by Crippen LogP contribution is 2.38. The van der Waals surface area contributed by atoms with E-state index in [-0.39, 0.29) is 89.8 Å². The molecule has 0 aromatic rings. The van der Waals surface area contributed by atoms with Crippen LogP contribution in [-0.4, -0.2) is 149 Å². The molecule has 0 spiro atoms. The average Bonchev–Trinajstić information content (AvgIpc) is 3.46. The number of amides is 4. The number of hydrogen-bond acceptors (Lipinski definition) is 9. The van der Waals surface area contributed by atoms with Crippen molar-refractivity contribution in [3.8, 4) is 0 Å². The highest BCUT2D eigenvalue weighted by atomic mass is 19.3. The Morgan fingerprint density at radius 2 is 1.78 bits per heavy atom. The number of carbonyl (C=O) groups is 4. The first kappa shape index (κ1) is 30.0. The minimum Gasteiger partial charge on any atom is -0.388 e. The van der Waals surface area contributed by atoms with Gasteiger partial charge in [0.15, 0.2) is 0 Å². The van der Waals surface area contributed by atoms with Crippen molar-refractivity contribution in [1.82, 2.24) is 25.3 Å². The van der Waals surface area contributed by atoms with E-state index in [4.69, 9.17) is 9.47 Å². The molecule has 0 unspecified atom stereocenters. The summed E-state index contributed by atoms with van der Waals surface area (Å²) in [7, 11) is 1.36. The van der Waals surface area contributed by atoms with Crippen molar-refractivity contribution < 1.29 is 47.6 Å². The molecular weight excluding hydrogens is 548 g/mol. The summed E-state index contributed by atoms with van der Waals surface area (Å²) in [5.41, 5.74) is 0. The van der Waals surface area contributed by atoms with Crippen molar-refractivity contribution in [2.75, 3.05) is 46.4 Å². The van der Waals surface area contributed by atoms with Crippen molar-refractivity contribution in [2.45, 2.75) is 93.0 Å². The van der Waals surface area contributed by atoms with Crippen LogP contribution in [0.2, 0.25) is 0 Å². The normalized spacial score (nSPS) is 37.2. The second kappa shape index (κ2) is 12.0. The zero-order chi connectivity index (χ0) is 29.5. The minimum atomic E-state index is -2.74. The summed E-state index contributed by atoms with van der Waals surface area (Å²) < 4.78 is 38.6. The van der Waals surface area contributed by atoms with Gasteiger partial charge in [-0.05, 0) is 19.3 Å². The molecule has 41 heavy (non-hydrogen) atoms. The number of carbonyl (C=O) groups excluding carboxylic acids is 4. The summed E-state index contributed by atoms with van der Waals surface area (Å²) in [6.07, 6.45) is -4.86. The van der Waals surface area contributed by atoms with Crippen molar-refractivity contribution in [1.29, 1.82) is 0 Å². The summed E-state index contributed by atoms with van der Waals surface area (Å²) >= 11 is 0. The zero-order valence-corrected chi connectivity index (χ0v) is 23.0. The van der Waals surface area contributed by atoms with Gasteiger partial charge in [-0.2, -0.15) is 0 Å². The molecular formula is C26H39F2N5O8. The molecule has 4 saturated heterocycles. The molecule has 5 fully saturated rings. The fourth-order valence-electron chi connectivity index (χ4n) is 6.84. The maximum absolute atomic E-state index is 14.0. The molecule has 15 heteroatoms. The van der Waals surface area contributed by atoms with E-state index >= 15 is 0 Å². The van der Waals surface area contributed by atoms with Gasteiger partial charge >= 0.3 is 0 Å². The summed E-state index contributed by atoms with van der Waals surface area (Å²) in [5, 5.41) is 26.6. The van der Waals surface area contributed by atoms with Crippen molar-refractivity contribution in [3.63, 3.8) is 0 Å². The summed E-state index contributed by atoms with van der Waals surface area (Å²) in [6, 6.07) is -2.46. The molecule has 4 N–H and O–H groups in total. The number of hydrogen-bond donors (Lipinski definition) is 4. The van der Waals surface area contributed by atoms with E-state index in [0.29, 0.717) is 0 Å². The van der Waals surface area contributed by atoms with Crippen LogP contribution in [0.5, 0.6) is 0 Å². The van der Waals surface area contributed by atoms with Crippen molar-refractivity contribution >= 4 is 23.6 Å². The van der Waals surface area contributed by atoms with Gasteiger partial charge in [0.2, 0.25) is 29.6 Å². The molecule has 4 amide bonds. The number of alkyl halides is 2. The van der Waals surface area contributed by atoms with E-state index in [0.717, 1.165) is 0 Å². The largest absolute Gasteiger partial charge is 0.388 e. The zero-order valence-electron chi connectivity index (χ0n) is 23.0. The Balaban J connectivity index is 1.42. The van der Waals surface area contributed by atoms with Gasteiger partial charge in [-0.15, -0.1) is 0 Å². The molecule has 5 aliphatic rings. The lowest BCUT2D eigenvalue weighted by atomic mass is 9.90. The fraction of sp³-hybridized carbons (Fsp3) is 0.846. The lowest BCUT2D eigenvalue weighted by Gasteiger charge is -2.43. The van der Waals surface area contributed by atoms with Gasteiger partial charge in [0, 0.05) is 58.2 Å². The third-order valence-corrected chi connectivity index (χ3v) is 9.05. The SMILES string of the molecule is COCC(=O)N1CCN2C[C@H]1C(=O)NC[C@H]1O[C@@H](CC(=O)N[C@H]3C[C@@H](C2=O)N(C2CCC(F)(F)CC2)C3)[C@H](O)[C@@H]1O. The number of methoxy groups -OCH3 is 1. The number of ether oxygens (including phenoxy) is 2. The average molecular weight is 588 g/mol. The molecule has 4 heterocycles. The molecule has 6 bridgehead atoms. The third-order valence-electron chi connectivity index (χ3n) is 9.05. The van der Waals surface area contributed by atoms with Gasteiger partial charge in [0.1, 0.15) is 31.0 Å². The van der Waals surface area contributed by atoms with Crippen LogP contribution in [0.3, 0.4) is 0 Å². The van der Waals surface area contributed by atoms with Crippen LogP contribution < -0.4 is 10.6 Å². The lowest BCUT2D eigenvalue weighted by Crippen LogP contribution is -2.64. The first-order valence-electron chi connectivity index (χ1n) is 14.3. The number of nitrogens with zero attached hydrogens (tertiary/aromatic N) is 3. The van der Waals surface area contributed by atoms with Gasteiger partial charge in [0.05, 0.1) is 25.1 Å². The molecule has 0 aromatic heterocycles. The number of piperazine rings is 1. The van der Waals surface area contributed by atoms with Gasteiger partial charge in [-0.25, -0.2) is 8.78 Å². The summed E-state index contributed by atoms with van der Waals surface area (Å²) in [5.74, 6) is -4.45. The van der Waals surface area contributed by atoms with Crippen molar-refractivity contribution in [3.05, 3.63) is 0 Å². The van der Waals surface area contributed by atoms with E-state index in [1.807, 2.05) is 4.90 Å². The Labute approximate surface area is 236 Å². The van der Waals surface area contributed by atoms with E-state index in [1.165, 1.54) is 16.9 Å². The molecule has 13 nitrogen and oxygen atoms in total. The first-order chi connectivity index (χ1) is 19.5. The maximum Gasteiger partial charge on any atom is 0.249 e. The van der Waals surface area contributed by atoms with Crippen molar-refractivity contribution in [2.24, 2.45) is 0 Å². The highest BCUT2D eigenvalue weighted by Gasteiger charge is 2.49. The number of rotatable bonds is 3. The van der Waals surface area contributed by atoms with Gasteiger partial charge in [-0.3, -0.25) is 24.1 Å². The first-order valence-corrected chi connectivity index (χ1v) is 14.3. The summed E-state index contributed by atoms with van der Waals surface area (Å²) in [4.78, 5) is 57.8. The van der Waals surface area contributed by atoms with E-state index in [2.05, 4.69) is 10.6 Å². The smallest absolute Gasteiger partial charge is 0.249 e. The highest BCUT2D eigenvalue weighted by molar-refractivity contribution is 5.90. The van der Waals surface area contributed by atoms with Crippen LogP contribution in [0.15, 0.2) is 0 Å². The maximum atomic E-state index is 14.0. The van der Waals surface area contributed by atoms with Crippen LogP contribution in [0, 0.1) is 0 Å². The standard InChI is InChI=1S/C26H39F2N5O8/c1-40-13-21(35)32-7-6-31-12-17(32)24(38)29-10-19-23(37)22(36)18(41-19)9-20(34)30-14-8-16(25(31)39)33(11-14)15-2-4-26(27,28)5-3-15/h14-19,22-23,36-37H,2-13H2,1H3,(H,29,38)(H,30,34)/t14-,16-,17-,18-,19+,22-,23+/m0/s1. The van der Waals surface area contributed by atoms with Crippen LogP contribution >= 0.6 is 0 Å². The topological polar surface area (TPSA) is 161 Å². The predicted molar refractivity (Wildman–Crippen MR) is 137 cm³/mol. The molecule has 4 aliphatic heterocycles. The summed E-state index contributed by atoms with van der Waals surface area (Å²) in [6.45, 7) is 0.00722. The van der Waals surface area contributed by atoms with Gasteiger partial charge in [-0.1, -0.05) is 0 Å².